The number of hydrogen-bond donors (Lipinski definition) is 0. The fourth-order valence-corrected chi connectivity index (χ4v) is 0.982. The minimum Gasteiger partial charge on any atom is -0.361 e. The standard InChI is InChI=1S/2C5H7NO.2C2H6/c2*1-4-3-5(2)7-6-4;2*1-2/h2*3H,1-2H3;2*1-2H3. The van der Waals surface area contributed by atoms with Crippen molar-refractivity contribution in [2.24, 2.45) is 0 Å². The van der Waals surface area contributed by atoms with E-state index >= 15 is 0 Å². The first-order valence-electron chi connectivity index (χ1n) is 6.38. The quantitative estimate of drug-likeness (QED) is 0.687. The van der Waals surface area contributed by atoms with Gasteiger partial charge in [-0.2, -0.15) is 0 Å². The van der Waals surface area contributed by atoms with Crippen LogP contribution >= 0.6 is 0 Å². The van der Waals surface area contributed by atoms with Gasteiger partial charge in [0.2, 0.25) is 0 Å². The Morgan fingerprint density at radius 2 is 0.944 bits per heavy atom. The summed E-state index contributed by atoms with van der Waals surface area (Å²) in [6, 6.07) is 3.78. The first kappa shape index (κ1) is 18.8. The van der Waals surface area contributed by atoms with Gasteiger partial charge in [0.1, 0.15) is 11.5 Å². The van der Waals surface area contributed by atoms with Gasteiger partial charge in [-0.05, 0) is 27.7 Å². The molecule has 18 heavy (non-hydrogen) atoms. The maximum absolute atomic E-state index is 4.71. The van der Waals surface area contributed by atoms with Crippen LogP contribution in [0.3, 0.4) is 0 Å². The van der Waals surface area contributed by atoms with Gasteiger partial charge in [0.25, 0.3) is 0 Å². The van der Waals surface area contributed by atoms with Crippen molar-refractivity contribution in [1.29, 1.82) is 0 Å². The number of hydrogen-bond acceptors (Lipinski definition) is 4. The molecular weight excluding hydrogens is 228 g/mol. The zero-order valence-corrected chi connectivity index (χ0v) is 12.9. The minimum absolute atomic E-state index is 0.873. The van der Waals surface area contributed by atoms with Crippen molar-refractivity contribution < 1.29 is 9.05 Å². The number of aromatic nitrogens is 2. The number of rotatable bonds is 0. The van der Waals surface area contributed by atoms with Gasteiger partial charge in [-0.1, -0.05) is 38.0 Å². The molecule has 0 unspecified atom stereocenters. The van der Waals surface area contributed by atoms with Crippen LogP contribution in [-0.2, 0) is 0 Å². The second-order valence-corrected chi connectivity index (χ2v) is 3.16. The van der Waals surface area contributed by atoms with E-state index in [2.05, 4.69) is 10.3 Å². The Kier molecular flexibility index (Phi) is 12.4. The van der Waals surface area contributed by atoms with Crippen LogP contribution in [0.5, 0.6) is 0 Å². The first-order chi connectivity index (χ1) is 8.58. The second-order valence-electron chi connectivity index (χ2n) is 3.16. The normalized spacial score (nSPS) is 8.00. The molecule has 0 aromatic carbocycles. The fraction of sp³-hybridized carbons (Fsp3) is 0.571. The topological polar surface area (TPSA) is 52.1 Å². The molecule has 2 rings (SSSR count). The number of nitrogens with zero attached hydrogens (tertiary/aromatic N) is 2. The summed E-state index contributed by atoms with van der Waals surface area (Å²) < 4.78 is 9.43. The molecule has 0 radical (unpaired) electrons. The van der Waals surface area contributed by atoms with Crippen molar-refractivity contribution in [1.82, 2.24) is 10.3 Å². The van der Waals surface area contributed by atoms with Crippen molar-refractivity contribution in [3.63, 3.8) is 0 Å². The molecule has 2 aromatic rings. The third kappa shape index (κ3) is 9.63. The van der Waals surface area contributed by atoms with E-state index in [0.717, 1.165) is 22.9 Å². The summed E-state index contributed by atoms with van der Waals surface area (Å²) in [6.45, 7) is 15.5. The monoisotopic (exact) mass is 254 g/mol. The lowest BCUT2D eigenvalue weighted by atomic mass is 10.4. The predicted molar refractivity (Wildman–Crippen MR) is 74.7 cm³/mol. The van der Waals surface area contributed by atoms with Gasteiger partial charge in [0.15, 0.2) is 0 Å². The van der Waals surface area contributed by atoms with Crippen LogP contribution in [-0.4, -0.2) is 10.3 Å². The van der Waals surface area contributed by atoms with Crippen molar-refractivity contribution >= 4 is 0 Å². The van der Waals surface area contributed by atoms with Crippen LogP contribution in [0.25, 0.3) is 0 Å². The summed E-state index contributed by atoms with van der Waals surface area (Å²) in [7, 11) is 0. The third-order valence-electron chi connectivity index (χ3n) is 1.49. The Bertz CT molecular complexity index is 321. The molecule has 2 heterocycles. The highest BCUT2D eigenvalue weighted by molar-refractivity contribution is 5.00. The van der Waals surface area contributed by atoms with E-state index in [1.807, 2.05) is 67.5 Å². The molecule has 0 saturated heterocycles. The maximum atomic E-state index is 4.71. The van der Waals surface area contributed by atoms with Crippen LogP contribution in [0.4, 0.5) is 0 Å². The van der Waals surface area contributed by atoms with Crippen LogP contribution in [0.2, 0.25) is 0 Å². The number of aryl methyl sites for hydroxylation is 4. The second kappa shape index (κ2) is 11.9. The Hall–Kier alpha value is -1.58. The van der Waals surface area contributed by atoms with Gasteiger partial charge in [-0.3, -0.25) is 0 Å². The van der Waals surface area contributed by atoms with Crippen molar-refractivity contribution in [3.8, 4) is 0 Å². The lowest BCUT2D eigenvalue weighted by molar-refractivity contribution is 0.393. The summed E-state index contributed by atoms with van der Waals surface area (Å²) in [5.74, 6) is 1.75. The molecule has 0 spiro atoms. The third-order valence-corrected chi connectivity index (χ3v) is 1.49. The van der Waals surface area contributed by atoms with Gasteiger partial charge in [-0.25, -0.2) is 0 Å². The molecule has 0 saturated carbocycles. The molecule has 104 valence electrons. The minimum atomic E-state index is 0.873. The predicted octanol–water partition coefficient (Wildman–Crippen LogP) is 4.64. The molecule has 0 atom stereocenters. The Morgan fingerprint density at radius 1 is 0.667 bits per heavy atom. The molecule has 0 aliphatic heterocycles. The molecule has 2 aromatic heterocycles. The van der Waals surface area contributed by atoms with Crippen LogP contribution in [0.1, 0.15) is 50.6 Å². The van der Waals surface area contributed by atoms with E-state index < -0.39 is 0 Å². The molecular formula is C14H26N2O2. The molecule has 0 bridgehead atoms. The fourth-order valence-electron chi connectivity index (χ4n) is 0.982. The smallest absolute Gasteiger partial charge is 0.133 e. The van der Waals surface area contributed by atoms with Gasteiger partial charge < -0.3 is 9.05 Å². The van der Waals surface area contributed by atoms with E-state index in [1.165, 1.54) is 0 Å². The highest BCUT2D eigenvalue weighted by atomic mass is 16.5. The highest BCUT2D eigenvalue weighted by Gasteiger charge is 1.88. The van der Waals surface area contributed by atoms with Crippen LogP contribution in [0, 0.1) is 27.7 Å². The van der Waals surface area contributed by atoms with Gasteiger partial charge >= 0.3 is 0 Å². The van der Waals surface area contributed by atoms with Crippen molar-refractivity contribution in [2.45, 2.75) is 55.4 Å². The zero-order valence-electron chi connectivity index (χ0n) is 12.9. The van der Waals surface area contributed by atoms with E-state index in [9.17, 15) is 0 Å². The van der Waals surface area contributed by atoms with E-state index in [4.69, 9.17) is 9.05 Å². The Morgan fingerprint density at radius 3 is 1.00 bits per heavy atom. The summed E-state index contributed by atoms with van der Waals surface area (Å²) in [4.78, 5) is 0. The Labute approximate surface area is 110 Å². The first-order valence-corrected chi connectivity index (χ1v) is 6.38. The molecule has 0 fully saturated rings. The zero-order chi connectivity index (χ0) is 14.6. The molecule has 0 N–H and O–H groups in total. The van der Waals surface area contributed by atoms with E-state index in [0.29, 0.717) is 0 Å². The lowest BCUT2D eigenvalue weighted by Gasteiger charge is -1.65. The van der Waals surface area contributed by atoms with Crippen molar-refractivity contribution in [2.75, 3.05) is 0 Å². The largest absolute Gasteiger partial charge is 0.361 e. The molecule has 4 nitrogen and oxygen atoms in total. The molecule has 4 heteroatoms. The maximum Gasteiger partial charge on any atom is 0.133 e. The van der Waals surface area contributed by atoms with Gasteiger partial charge in [0, 0.05) is 12.1 Å². The average molecular weight is 254 g/mol. The molecule has 0 aliphatic carbocycles. The highest BCUT2D eigenvalue weighted by Crippen LogP contribution is 1.97. The summed E-state index contributed by atoms with van der Waals surface area (Å²) in [5, 5.41) is 7.28. The van der Waals surface area contributed by atoms with Crippen LogP contribution < -0.4 is 0 Å². The summed E-state index contributed by atoms with van der Waals surface area (Å²) >= 11 is 0. The summed E-state index contributed by atoms with van der Waals surface area (Å²) in [6.07, 6.45) is 0. The lowest BCUT2D eigenvalue weighted by Crippen LogP contribution is -1.59. The van der Waals surface area contributed by atoms with Gasteiger partial charge in [0.05, 0.1) is 11.4 Å². The molecule has 0 amide bonds. The van der Waals surface area contributed by atoms with Gasteiger partial charge in [-0.15, -0.1) is 0 Å². The molecule has 0 aliphatic rings. The van der Waals surface area contributed by atoms with Crippen LogP contribution in [0.15, 0.2) is 21.2 Å². The summed E-state index contributed by atoms with van der Waals surface area (Å²) in [5.41, 5.74) is 1.88. The average Bonchev–Trinajstić information content (AvgIpc) is 2.93. The Balaban J connectivity index is 0. The van der Waals surface area contributed by atoms with Crippen molar-refractivity contribution in [3.05, 3.63) is 35.0 Å². The van der Waals surface area contributed by atoms with E-state index in [1.54, 1.807) is 0 Å². The SMILES string of the molecule is CC.CC.Cc1cc(C)on1.Cc1cc(C)on1. The van der Waals surface area contributed by atoms with E-state index in [-0.39, 0.29) is 0 Å².